The summed E-state index contributed by atoms with van der Waals surface area (Å²) in [5.74, 6) is 0.495. The van der Waals surface area contributed by atoms with Crippen LogP contribution in [0.5, 0.6) is 0 Å². The van der Waals surface area contributed by atoms with Crippen molar-refractivity contribution in [3.8, 4) is 0 Å². The van der Waals surface area contributed by atoms with Crippen LogP contribution in [0.15, 0.2) is 23.8 Å². The molecule has 6 nitrogen and oxygen atoms in total. The summed E-state index contributed by atoms with van der Waals surface area (Å²) in [5.41, 5.74) is 7.47. The molecule has 1 amide bonds. The lowest BCUT2D eigenvalue weighted by molar-refractivity contribution is 0.102. The molecule has 2 fully saturated rings. The fourth-order valence-corrected chi connectivity index (χ4v) is 4.82. The van der Waals surface area contributed by atoms with E-state index in [-0.39, 0.29) is 5.91 Å². The van der Waals surface area contributed by atoms with Crippen LogP contribution in [0.4, 0.5) is 5.69 Å². The van der Waals surface area contributed by atoms with Gasteiger partial charge in [0.25, 0.3) is 5.91 Å². The number of carbonyl (C=O) groups is 1. The molecule has 2 aromatic rings. The third-order valence-electron chi connectivity index (χ3n) is 5.47. The number of anilines is 1. The monoisotopic (exact) mass is 373 g/mol. The van der Waals surface area contributed by atoms with E-state index in [9.17, 15) is 4.79 Å². The maximum absolute atomic E-state index is 12.4. The number of carbonyl (C=O) groups excluding carboxylic acids is 1. The minimum Gasteiger partial charge on any atom is -0.328 e. The standard InChI is InChI=1S/C19H27N5OS/c1-2-24-10-15(9-21-24)23-19(25)12-7-18(26-11-12)16-8-17(16)22-14-5-3-13(20)4-6-14/h7,9-11,13-14,16-17,22H,2-6,8,20H2,1H3,(H,23,25). The molecule has 2 aliphatic rings. The predicted octanol–water partition coefficient (Wildman–Crippen LogP) is 2.93. The van der Waals surface area contributed by atoms with Crippen molar-refractivity contribution < 1.29 is 4.79 Å². The summed E-state index contributed by atoms with van der Waals surface area (Å²) in [6.07, 6.45) is 9.35. The van der Waals surface area contributed by atoms with Gasteiger partial charge < -0.3 is 16.4 Å². The van der Waals surface area contributed by atoms with Crippen LogP contribution in [0.1, 0.15) is 60.2 Å². The van der Waals surface area contributed by atoms with Gasteiger partial charge in [-0.2, -0.15) is 5.10 Å². The summed E-state index contributed by atoms with van der Waals surface area (Å²) in [7, 11) is 0. The molecule has 140 valence electrons. The van der Waals surface area contributed by atoms with Gasteiger partial charge in [0.2, 0.25) is 0 Å². The molecule has 2 atom stereocenters. The largest absolute Gasteiger partial charge is 0.328 e. The molecule has 0 aliphatic heterocycles. The average Bonchev–Trinajstić information content (AvgIpc) is 3.05. The molecule has 0 aromatic carbocycles. The zero-order valence-corrected chi connectivity index (χ0v) is 16.0. The van der Waals surface area contributed by atoms with Crippen LogP contribution in [0, 0.1) is 0 Å². The number of aryl methyl sites for hydroxylation is 1. The highest BCUT2D eigenvalue weighted by molar-refractivity contribution is 7.10. The van der Waals surface area contributed by atoms with Crippen LogP contribution in [-0.2, 0) is 6.54 Å². The normalized spacial score (nSPS) is 28.1. The van der Waals surface area contributed by atoms with Crippen molar-refractivity contribution in [2.45, 2.75) is 69.6 Å². The van der Waals surface area contributed by atoms with Crippen LogP contribution < -0.4 is 16.4 Å². The van der Waals surface area contributed by atoms with E-state index in [0.29, 0.717) is 24.0 Å². The first-order chi connectivity index (χ1) is 12.6. The van der Waals surface area contributed by atoms with E-state index < -0.39 is 0 Å². The molecule has 2 aliphatic carbocycles. The molecule has 4 N–H and O–H groups in total. The Bertz CT molecular complexity index is 762. The molecule has 0 radical (unpaired) electrons. The lowest BCUT2D eigenvalue weighted by atomic mass is 9.92. The molecule has 4 rings (SSSR count). The van der Waals surface area contributed by atoms with Gasteiger partial charge in [-0.25, -0.2) is 0 Å². The molecular weight excluding hydrogens is 346 g/mol. The number of aromatic nitrogens is 2. The van der Waals surface area contributed by atoms with E-state index in [1.165, 1.54) is 24.1 Å². The lowest BCUT2D eigenvalue weighted by Crippen LogP contribution is -2.38. The predicted molar refractivity (Wildman–Crippen MR) is 105 cm³/mol. The fourth-order valence-electron chi connectivity index (χ4n) is 3.75. The van der Waals surface area contributed by atoms with E-state index in [4.69, 9.17) is 5.73 Å². The Morgan fingerprint density at radius 1 is 1.38 bits per heavy atom. The molecule has 2 unspecified atom stereocenters. The fraction of sp³-hybridized carbons (Fsp3) is 0.579. The molecule has 0 spiro atoms. The highest BCUT2D eigenvalue weighted by Crippen LogP contribution is 2.44. The maximum Gasteiger partial charge on any atom is 0.256 e. The Kier molecular flexibility index (Phi) is 5.11. The molecule has 2 saturated carbocycles. The van der Waals surface area contributed by atoms with Crippen LogP contribution in [0.2, 0.25) is 0 Å². The first kappa shape index (κ1) is 17.7. The second kappa shape index (κ2) is 7.50. The Morgan fingerprint density at radius 3 is 2.92 bits per heavy atom. The molecule has 0 bridgehead atoms. The number of nitrogens with zero attached hydrogens (tertiary/aromatic N) is 2. The molecule has 26 heavy (non-hydrogen) atoms. The van der Waals surface area contributed by atoms with E-state index in [2.05, 4.69) is 15.7 Å². The molecule has 2 aromatic heterocycles. The highest BCUT2D eigenvalue weighted by Gasteiger charge is 2.41. The maximum atomic E-state index is 12.4. The van der Waals surface area contributed by atoms with Crippen molar-refractivity contribution in [1.29, 1.82) is 0 Å². The van der Waals surface area contributed by atoms with Crippen LogP contribution >= 0.6 is 11.3 Å². The lowest BCUT2D eigenvalue weighted by Gasteiger charge is -2.27. The van der Waals surface area contributed by atoms with Crippen LogP contribution in [0.3, 0.4) is 0 Å². The number of amides is 1. The van der Waals surface area contributed by atoms with Gasteiger partial charge >= 0.3 is 0 Å². The van der Waals surface area contributed by atoms with Gasteiger partial charge in [0.1, 0.15) is 0 Å². The van der Waals surface area contributed by atoms with Crippen LogP contribution in [-0.4, -0.2) is 33.8 Å². The third-order valence-corrected chi connectivity index (χ3v) is 6.54. The molecule has 7 heteroatoms. The second-order valence-corrected chi connectivity index (χ2v) is 8.45. The number of thiophene rings is 1. The van der Waals surface area contributed by atoms with Crippen molar-refractivity contribution >= 4 is 22.9 Å². The zero-order valence-electron chi connectivity index (χ0n) is 15.1. The van der Waals surface area contributed by atoms with E-state index in [0.717, 1.165) is 30.6 Å². The Hall–Kier alpha value is -1.70. The van der Waals surface area contributed by atoms with Crippen molar-refractivity contribution in [1.82, 2.24) is 15.1 Å². The summed E-state index contributed by atoms with van der Waals surface area (Å²) in [6.45, 7) is 2.81. The highest BCUT2D eigenvalue weighted by atomic mass is 32.1. The number of nitrogens with one attached hydrogen (secondary N) is 2. The van der Waals surface area contributed by atoms with Gasteiger partial charge in [-0.3, -0.25) is 9.48 Å². The van der Waals surface area contributed by atoms with Gasteiger partial charge in [0, 0.05) is 47.0 Å². The zero-order chi connectivity index (χ0) is 18.1. The summed E-state index contributed by atoms with van der Waals surface area (Å²) in [4.78, 5) is 13.7. The van der Waals surface area contributed by atoms with Gasteiger partial charge in [-0.05, 0) is 45.1 Å². The Balaban J connectivity index is 1.30. The number of hydrogen-bond acceptors (Lipinski definition) is 5. The Morgan fingerprint density at radius 2 is 2.19 bits per heavy atom. The first-order valence-corrected chi connectivity index (χ1v) is 10.4. The number of hydrogen-bond donors (Lipinski definition) is 3. The summed E-state index contributed by atoms with van der Waals surface area (Å²) < 4.78 is 1.80. The third kappa shape index (κ3) is 4.00. The van der Waals surface area contributed by atoms with Crippen molar-refractivity contribution in [2.24, 2.45) is 5.73 Å². The van der Waals surface area contributed by atoms with Crippen molar-refractivity contribution in [3.63, 3.8) is 0 Å². The average molecular weight is 374 g/mol. The van der Waals surface area contributed by atoms with Gasteiger partial charge in [-0.1, -0.05) is 0 Å². The first-order valence-electron chi connectivity index (χ1n) is 9.56. The molecule has 0 saturated heterocycles. The second-order valence-electron chi connectivity index (χ2n) is 7.50. The van der Waals surface area contributed by atoms with E-state index in [1.54, 1.807) is 22.2 Å². The van der Waals surface area contributed by atoms with Gasteiger partial charge in [0.05, 0.1) is 17.4 Å². The minimum atomic E-state index is -0.0606. The smallest absolute Gasteiger partial charge is 0.256 e. The summed E-state index contributed by atoms with van der Waals surface area (Å²) in [5, 5.41) is 12.9. The topological polar surface area (TPSA) is 85.0 Å². The summed E-state index contributed by atoms with van der Waals surface area (Å²) in [6, 6.07) is 3.62. The van der Waals surface area contributed by atoms with Gasteiger partial charge in [0.15, 0.2) is 0 Å². The molecule has 2 heterocycles. The molecular formula is C19H27N5OS. The van der Waals surface area contributed by atoms with Crippen molar-refractivity contribution in [3.05, 3.63) is 34.3 Å². The number of nitrogens with two attached hydrogens (primary N) is 1. The van der Waals surface area contributed by atoms with Gasteiger partial charge in [-0.15, -0.1) is 11.3 Å². The minimum absolute atomic E-state index is 0.0606. The van der Waals surface area contributed by atoms with E-state index >= 15 is 0 Å². The summed E-state index contributed by atoms with van der Waals surface area (Å²) >= 11 is 1.69. The van der Waals surface area contributed by atoms with Crippen molar-refractivity contribution in [2.75, 3.05) is 5.32 Å². The SMILES string of the molecule is CCn1cc(NC(=O)c2csc(C3CC3NC3CCC(N)CC3)c2)cn1. The Labute approximate surface area is 158 Å². The quantitative estimate of drug-likeness (QED) is 0.727. The van der Waals surface area contributed by atoms with Crippen LogP contribution in [0.25, 0.3) is 0 Å². The van der Waals surface area contributed by atoms with E-state index in [1.807, 2.05) is 24.6 Å². The number of rotatable bonds is 6.